The zero-order chi connectivity index (χ0) is 48.4. The number of aromatic hydroxyl groups is 1. The highest BCUT2D eigenvalue weighted by atomic mass is 16.5. The van der Waals surface area contributed by atoms with E-state index in [9.17, 15) is 14.7 Å². The standard InChI is InChI=1S/C59H81N3O6/c1-10-11-19-49(68-53(65)46-34-45(56(46,6)7)52(64)67-36-38-16-13-12-14-17-38)55(4,5)40-26-28-57(8)41(33-40)22-25-44-50-43(37(2)3)27-29-59(50,31-30-58(44,57)9)54(66)62-32-15-18-48(62)51-60-35-47(61-51)39-20-23-42(63)24-21-39/h12-14,16-17,20-21,23-24,35,40-41,43-46,48-50,63H,2,10-11,15,18-19,22,25-34,36H2,1,3-9H3,(H,60,61)/t40-,41-,43+,44-,45?,46?,48?,49+,50-,57-,58-,59+/m1/s1. The van der Waals surface area contributed by atoms with Crippen molar-refractivity contribution in [1.82, 2.24) is 14.9 Å². The Bertz CT molecular complexity index is 2340. The number of phenolic OH excluding ortho intramolecular Hbond substituents is 1. The van der Waals surface area contributed by atoms with Gasteiger partial charge in [0.15, 0.2) is 0 Å². The summed E-state index contributed by atoms with van der Waals surface area (Å²) in [5.74, 6) is 2.45. The number of allylic oxidation sites excluding steroid dienone is 1. The predicted octanol–water partition coefficient (Wildman–Crippen LogP) is 13.2. The maximum absolute atomic E-state index is 15.6. The first-order chi connectivity index (χ1) is 32.4. The van der Waals surface area contributed by atoms with Crippen molar-refractivity contribution >= 4 is 17.8 Å². The van der Waals surface area contributed by atoms with Crippen molar-refractivity contribution in [2.75, 3.05) is 6.54 Å². The van der Waals surface area contributed by atoms with Crippen molar-refractivity contribution in [3.8, 4) is 17.0 Å². The van der Waals surface area contributed by atoms with Crippen LogP contribution in [0.4, 0.5) is 0 Å². The third kappa shape index (κ3) is 8.15. The number of hydrogen-bond donors (Lipinski definition) is 2. The number of carbonyl (C=O) groups excluding carboxylic acids is 3. The van der Waals surface area contributed by atoms with Gasteiger partial charge in [-0.05, 0) is 172 Å². The van der Waals surface area contributed by atoms with Crippen LogP contribution in [0.3, 0.4) is 0 Å². The summed E-state index contributed by atoms with van der Waals surface area (Å²) < 4.78 is 12.4. The van der Waals surface area contributed by atoms with E-state index in [1.807, 2.05) is 62.5 Å². The summed E-state index contributed by atoms with van der Waals surface area (Å²) in [6, 6.07) is 16.9. The molecule has 5 saturated carbocycles. The van der Waals surface area contributed by atoms with E-state index in [0.29, 0.717) is 36.0 Å². The summed E-state index contributed by atoms with van der Waals surface area (Å²) in [6.45, 7) is 24.1. The van der Waals surface area contributed by atoms with Crippen LogP contribution in [-0.4, -0.2) is 50.5 Å². The minimum Gasteiger partial charge on any atom is -0.508 e. The Morgan fingerprint density at radius 2 is 1.63 bits per heavy atom. The van der Waals surface area contributed by atoms with Gasteiger partial charge in [0.2, 0.25) is 5.91 Å². The van der Waals surface area contributed by atoms with E-state index in [-0.39, 0.29) is 75.9 Å². The van der Waals surface area contributed by atoms with Gasteiger partial charge in [-0.2, -0.15) is 0 Å². The highest BCUT2D eigenvalue weighted by Gasteiger charge is 2.69. The van der Waals surface area contributed by atoms with Gasteiger partial charge in [-0.15, -0.1) is 0 Å². The number of nitrogens with zero attached hydrogens (tertiary/aromatic N) is 2. The summed E-state index contributed by atoms with van der Waals surface area (Å²) in [4.78, 5) is 53.7. The van der Waals surface area contributed by atoms with Gasteiger partial charge in [-0.1, -0.05) is 104 Å². The summed E-state index contributed by atoms with van der Waals surface area (Å²) >= 11 is 0. The number of ether oxygens (including phenoxy) is 2. The molecule has 2 aromatic carbocycles. The number of imidazole rings is 1. The van der Waals surface area contributed by atoms with Gasteiger partial charge in [0.25, 0.3) is 0 Å². The van der Waals surface area contributed by atoms with Crippen LogP contribution < -0.4 is 0 Å². The number of amides is 1. The predicted molar refractivity (Wildman–Crippen MR) is 267 cm³/mol. The Labute approximate surface area is 407 Å². The minimum atomic E-state index is -0.537. The third-order valence-corrected chi connectivity index (χ3v) is 20.6. The number of benzene rings is 2. The lowest BCUT2D eigenvalue weighted by Crippen LogP contribution is -2.63. The average Bonchev–Trinajstić information content (AvgIpc) is 4.10. The molecular formula is C59H81N3O6. The lowest BCUT2D eigenvalue weighted by Gasteiger charge is -2.68. The molecule has 0 spiro atoms. The monoisotopic (exact) mass is 928 g/mol. The molecule has 2 heterocycles. The quantitative estimate of drug-likeness (QED) is 0.122. The number of phenols is 1. The molecule has 12 atom stereocenters. The molecule has 368 valence electrons. The van der Waals surface area contributed by atoms with E-state index in [1.165, 1.54) is 12.0 Å². The fourth-order valence-corrected chi connectivity index (χ4v) is 15.8. The van der Waals surface area contributed by atoms with E-state index in [0.717, 1.165) is 113 Å². The number of hydrogen-bond acceptors (Lipinski definition) is 7. The molecular weight excluding hydrogens is 847 g/mol. The van der Waals surface area contributed by atoms with Crippen LogP contribution in [0.25, 0.3) is 11.3 Å². The number of unbranched alkanes of at least 4 members (excludes halogenated alkanes) is 1. The second kappa shape index (κ2) is 18.4. The summed E-state index contributed by atoms with van der Waals surface area (Å²) in [7, 11) is 0. The number of rotatable bonds is 14. The number of aromatic amines is 1. The van der Waals surface area contributed by atoms with Crippen molar-refractivity contribution in [3.63, 3.8) is 0 Å². The number of esters is 2. The first-order valence-corrected chi connectivity index (χ1v) is 26.6. The second-order valence-electron chi connectivity index (χ2n) is 24.4. The Morgan fingerprint density at radius 3 is 2.34 bits per heavy atom. The van der Waals surface area contributed by atoms with Crippen molar-refractivity contribution < 1.29 is 29.0 Å². The number of fused-ring (bicyclic) bond motifs is 5. The lowest BCUT2D eigenvalue weighted by molar-refractivity contribution is -0.201. The molecule has 9 heteroatoms. The molecule has 0 bridgehead atoms. The van der Waals surface area contributed by atoms with Crippen molar-refractivity contribution in [3.05, 3.63) is 84.3 Å². The van der Waals surface area contributed by atoms with Crippen LogP contribution in [0.5, 0.6) is 5.75 Å². The minimum absolute atomic E-state index is 0.0704. The number of aromatic nitrogens is 2. The molecule has 3 unspecified atom stereocenters. The van der Waals surface area contributed by atoms with Crippen molar-refractivity contribution in [2.45, 2.75) is 170 Å². The maximum atomic E-state index is 15.6. The molecule has 1 saturated heterocycles. The Hall–Kier alpha value is -4.40. The second-order valence-corrected chi connectivity index (χ2v) is 24.4. The molecule has 5 aliphatic carbocycles. The summed E-state index contributed by atoms with van der Waals surface area (Å²) in [5, 5.41) is 9.88. The van der Waals surface area contributed by atoms with Gasteiger partial charge in [0.1, 0.15) is 24.3 Å². The molecule has 9 rings (SSSR count). The number of nitrogens with one attached hydrogen (secondary N) is 1. The third-order valence-electron chi connectivity index (χ3n) is 20.6. The molecule has 2 N–H and O–H groups in total. The summed E-state index contributed by atoms with van der Waals surface area (Å²) in [5.41, 5.74) is 3.18. The van der Waals surface area contributed by atoms with Crippen LogP contribution in [-0.2, 0) is 30.5 Å². The molecule has 1 aromatic heterocycles. The molecule has 6 aliphatic rings. The van der Waals surface area contributed by atoms with Crippen LogP contribution in [0.2, 0.25) is 0 Å². The molecule has 6 fully saturated rings. The van der Waals surface area contributed by atoms with Crippen LogP contribution >= 0.6 is 0 Å². The van der Waals surface area contributed by atoms with E-state index in [1.54, 1.807) is 12.1 Å². The van der Waals surface area contributed by atoms with Gasteiger partial charge in [-0.25, -0.2) is 4.98 Å². The van der Waals surface area contributed by atoms with Crippen LogP contribution in [0.15, 0.2) is 72.9 Å². The highest BCUT2D eigenvalue weighted by Crippen LogP contribution is 2.74. The molecule has 1 amide bonds. The largest absolute Gasteiger partial charge is 0.508 e. The van der Waals surface area contributed by atoms with Crippen LogP contribution in [0.1, 0.15) is 169 Å². The number of H-pyrrole nitrogens is 1. The molecule has 3 aromatic rings. The fraction of sp³-hybridized carbons (Fsp3) is 0.661. The summed E-state index contributed by atoms with van der Waals surface area (Å²) in [6.07, 6.45) is 16.6. The topological polar surface area (TPSA) is 122 Å². The van der Waals surface area contributed by atoms with Crippen LogP contribution in [0, 0.1) is 68.5 Å². The maximum Gasteiger partial charge on any atom is 0.309 e. The number of likely N-dealkylation sites (tertiary alicyclic amines) is 1. The van der Waals surface area contributed by atoms with E-state index in [4.69, 9.17) is 14.5 Å². The van der Waals surface area contributed by atoms with Gasteiger partial charge in [-0.3, -0.25) is 14.4 Å². The van der Waals surface area contributed by atoms with E-state index in [2.05, 4.69) is 58.0 Å². The fourth-order valence-electron chi connectivity index (χ4n) is 15.8. The van der Waals surface area contributed by atoms with Gasteiger partial charge in [0, 0.05) is 12.0 Å². The molecule has 0 radical (unpaired) electrons. The first-order valence-electron chi connectivity index (χ1n) is 26.6. The zero-order valence-electron chi connectivity index (χ0n) is 42.6. The molecule has 1 aliphatic heterocycles. The van der Waals surface area contributed by atoms with Crippen molar-refractivity contribution in [2.24, 2.45) is 68.5 Å². The zero-order valence-corrected chi connectivity index (χ0v) is 42.6. The smallest absolute Gasteiger partial charge is 0.309 e. The first kappa shape index (κ1) is 48.6. The lowest BCUT2D eigenvalue weighted by atomic mass is 9.37. The van der Waals surface area contributed by atoms with Crippen molar-refractivity contribution in [1.29, 1.82) is 0 Å². The Balaban J connectivity index is 0.893. The highest BCUT2D eigenvalue weighted by molar-refractivity contribution is 5.85. The van der Waals surface area contributed by atoms with E-state index >= 15 is 4.79 Å². The molecule has 68 heavy (non-hydrogen) atoms. The Kier molecular flexibility index (Phi) is 13.2. The SMILES string of the molecule is C=C(C)[C@@H]1CC[C@]2(C(=O)N3CCCC3c3ncc(-c4ccc(O)cc4)[nH]3)CC[C@]3(C)[C@H](CC[C@@H]4C[C@H](C(C)(C)[C@H](CCCC)OC(=O)C5CC(C(=O)OCc6ccccc6)C5(C)C)CC[C@]43C)[C@@H]12. The number of carbonyl (C=O) groups is 3. The average molecular weight is 928 g/mol. The van der Waals surface area contributed by atoms with Gasteiger partial charge in [0.05, 0.1) is 35.2 Å². The van der Waals surface area contributed by atoms with Gasteiger partial charge >= 0.3 is 11.9 Å². The Morgan fingerprint density at radius 1 is 0.897 bits per heavy atom. The van der Waals surface area contributed by atoms with Gasteiger partial charge < -0.3 is 24.5 Å². The normalized spacial score (nSPS) is 34.4. The molecule has 9 nitrogen and oxygen atoms in total. The van der Waals surface area contributed by atoms with E-state index < -0.39 is 5.41 Å².